The third-order valence-corrected chi connectivity index (χ3v) is 5.10. The highest BCUT2D eigenvalue weighted by molar-refractivity contribution is 7.78. The van der Waals surface area contributed by atoms with Gasteiger partial charge in [-0.2, -0.15) is 0 Å². The first-order valence-electron chi connectivity index (χ1n) is 8.60. The van der Waals surface area contributed by atoms with E-state index < -0.39 is 0 Å². The predicted octanol–water partition coefficient (Wildman–Crippen LogP) is 3.02. The molecular weight excluding hydrogens is 332 g/mol. The Hall–Kier alpha value is -2.40. The van der Waals surface area contributed by atoms with Gasteiger partial charge in [0.2, 0.25) is 0 Å². The molecule has 1 aromatic carbocycles. The van der Waals surface area contributed by atoms with E-state index in [1.54, 1.807) is 6.20 Å². The molecule has 0 saturated carbocycles. The molecule has 3 N–H and O–H groups in total. The van der Waals surface area contributed by atoms with E-state index in [-0.39, 0.29) is 5.91 Å². The van der Waals surface area contributed by atoms with Crippen LogP contribution in [0.25, 0.3) is 0 Å². The third kappa shape index (κ3) is 3.00. The largest absolute Gasteiger partial charge is 0.355 e. The molecule has 2 aliphatic heterocycles. The molecule has 2 aromatic rings. The molecular formula is C19H20N4OS. The summed E-state index contributed by atoms with van der Waals surface area (Å²) < 4.78 is 0. The topological polar surface area (TPSA) is 60.2 Å². The highest BCUT2D eigenvalue weighted by atomic mass is 32.1. The number of carbonyl (C=O) groups excluding carboxylic acids is 1. The average Bonchev–Trinajstić information content (AvgIpc) is 3.15. The van der Waals surface area contributed by atoms with Gasteiger partial charge in [-0.05, 0) is 53.8 Å². The van der Waals surface area contributed by atoms with E-state index >= 15 is 0 Å². The Kier molecular flexibility index (Phi) is 4.40. The minimum absolute atomic E-state index is 0.175. The fourth-order valence-corrected chi connectivity index (χ4v) is 3.84. The number of anilines is 1. The Balaban J connectivity index is 1.69. The molecule has 0 bridgehead atoms. The van der Waals surface area contributed by atoms with Gasteiger partial charge in [0.1, 0.15) is 5.69 Å². The number of thiocarbonyl (C=S) groups is 1. The number of amides is 1. The van der Waals surface area contributed by atoms with Crippen molar-refractivity contribution < 1.29 is 4.79 Å². The Morgan fingerprint density at radius 2 is 2.12 bits per heavy atom. The molecule has 1 saturated heterocycles. The van der Waals surface area contributed by atoms with Crippen molar-refractivity contribution in [2.75, 3.05) is 11.4 Å². The lowest BCUT2D eigenvalue weighted by molar-refractivity contribution is 0.0957. The number of H-pyrrole nitrogens is 1. The number of fused-ring (bicyclic) bond motifs is 1. The number of hydrogen-bond donors (Lipinski definition) is 3. The van der Waals surface area contributed by atoms with E-state index in [1.807, 2.05) is 11.0 Å². The van der Waals surface area contributed by atoms with E-state index in [4.69, 9.17) is 12.2 Å². The number of piperidine rings is 1. The molecule has 5 nitrogen and oxygen atoms in total. The van der Waals surface area contributed by atoms with Gasteiger partial charge in [-0.25, -0.2) is 0 Å². The highest BCUT2D eigenvalue weighted by Gasteiger charge is 2.29. The molecule has 128 valence electrons. The first-order chi connectivity index (χ1) is 12.3. The van der Waals surface area contributed by atoms with Crippen molar-refractivity contribution in [1.29, 1.82) is 0 Å². The van der Waals surface area contributed by atoms with Crippen LogP contribution < -0.4 is 15.5 Å². The average molecular weight is 352 g/mol. The van der Waals surface area contributed by atoms with Crippen LogP contribution in [-0.4, -0.2) is 22.5 Å². The molecule has 3 heterocycles. The lowest BCUT2D eigenvalue weighted by Crippen LogP contribution is -2.41. The normalized spacial score (nSPS) is 20.0. The van der Waals surface area contributed by atoms with E-state index in [0.29, 0.717) is 24.1 Å². The van der Waals surface area contributed by atoms with Crippen LogP contribution in [-0.2, 0) is 6.54 Å². The van der Waals surface area contributed by atoms with Gasteiger partial charge in [-0.1, -0.05) is 30.7 Å². The van der Waals surface area contributed by atoms with E-state index in [1.165, 1.54) is 24.0 Å². The monoisotopic (exact) mass is 352 g/mol. The van der Waals surface area contributed by atoms with E-state index in [0.717, 1.165) is 18.7 Å². The summed E-state index contributed by atoms with van der Waals surface area (Å²) in [6, 6.07) is 10.8. The van der Waals surface area contributed by atoms with Gasteiger partial charge in [0.05, 0.1) is 12.2 Å². The first kappa shape index (κ1) is 16.1. The van der Waals surface area contributed by atoms with Crippen LogP contribution in [0.1, 0.15) is 46.9 Å². The number of nitrogens with one attached hydrogen (secondary N) is 3. The second kappa shape index (κ2) is 6.84. The predicted molar refractivity (Wildman–Crippen MR) is 102 cm³/mol. The van der Waals surface area contributed by atoms with Crippen molar-refractivity contribution in [3.63, 3.8) is 0 Å². The molecule has 1 amide bonds. The summed E-state index contributed by atoms with van der Waals surface area (Å²) in [5, 5.41) is 9.14. The number of hydrogen-bond acceptors (Lipinski definition) is 4. The standard InChI is InChI=1S/C19H20N4OS/c24-19-18-16(8-10-21-18)23(17(12-25)22-19)11-13-5-1-2-6-14(13)15-7-3-4-9-20-15/h1-2,5-6,8,10,15,20-21H,3-4,7,9,11H2,(H,22,24)/t15-/m1/s1. The summed E-state index contributed by atoms with van der Waals surface area (Å²) in [6.07, 6.45) is 5.41. The second-order valence-electron chi connectivity index (χ2n) is 6.43. The van der Waals surface area contributed by atoms with Crippen molar-refractivity contribution in [2.24, 2.45) is 0 Å². The van der Waals surface area contributed by atoms with Gasteiger partial charge >= 0.3 is 0 Å². The third-order valence-electron chi connectivity index (χ3n) is 4.91. The number of aromatic amines is 1. The van der Waals surface area contributed by atoms with Crippen LogP contribution in [0, 0.1) is 0 Å². The van der Waals surface area contributed by atoms with Gasteiger partial charge in [-0.15, -0.1) is 0 Å². The van der Waals surface area contributed by atoms with E-state index in [9.17, 15) is 4.79 Å². The summed E-state index contributed by atoms with van der Waals surface area (Å²) >= 11 is 5.01. The number of rotatable bonds is 3. The first-order valence-corrected chi connectivity index (χ1v) is 9.01. The zero-order chi connectivity index (χ0) is 17.2. The smallest absolute Gasteiger partial charge is 0.275 e. The van der Waals surface area contributed by atoms with Crippen molar-refractivity contribution in [2.45, 2.75) is 31.8 Å². The maximum atomic E-state index is 12.1. The Labute approximate surface area is 152 Å². The van der Waals surface area contributed by atoms with Crippen LogP contribution in [0.2, 0.25) is 0 Å². The lowest BCUT2D eigenvalue weighted by Gasteiger charge is -2.32. The Morgan fingerprint density at radius 3 is 2.92 bits per heavy atom. The maximum absolute atomic E-state index is 12.1. The molecule has 0 aliphatic carbocycles. The molecule has 25 heavy (non-hydrogen) atoms. The summed E-state index contributed by atoms with van der Waals surface area (Å²) in [6.45, 7) is 1.70. The summed E-state index contributed by atoms with van der Waals surface area (Å²) in [5.74, 6) is 0.351. The van der Waals surface area contributed by atoms with Gasteiger partial charge in [0.25, 0.3) is 5.91 Å². The minimum Gasteiger partial charge on any atom is -0.355 e. The summed E-state index contributed by atoms with van der Waals surface area (Å²) in [5.41, 5.74) is 3.94. The maximum Gasteiger partial charge on any atom is 0.275 e. The van der Waals surface area contributed by atoms with Gasteiger partial charge < -0.3 is 15.2 Å². The molecule has 2 aliphatic rings. The van der Waals surface area contributed by atoms with Crippen molar-refractivity contribution in [3.05, 3.63) is 59.2 Å². The van der Waals surface area contributed by atoms with Crippen LogP contribution in [0.5, 0.6) is 0 Å². The molecule has 0 radical (unpaired) electrons. The van der Waals surface area contributed by atoms with Crippen LogP contribution in [0.3, 0.4) is 0 Å². The zero-order valence-corrected chi connectivity index (χ0v) is 14.7. The van der Waals surface area contributed by atoms with Gasteiger partial charge in [-0.3, -0.25) is 10.1 Å². The van der Waals surface area contributed by atoms with Gasteiger partial charge in [0, 0.05) is 12.2 Å². The SMILES string of the molecule is O=C1NC(=C=S)N(Cc2ccccc2[C@H]2CCCCN2)c2cc[nH]c21. The van der Waals surface area contributed by atoms with Crippen molar-refractivity contribution in [1.82, 2.24) is 15.6 Å². The van der Waals surface area contributed by atoms with Crippen molar-refractivity contribution in [3.8, 4) is 0 Å². The van der Waals surface area contributed by atoms with Gasteiger partial charge in [0.15, 0.2) is 5.82 Å². The van der Waals surface area contributed by atoms with Crippen LogP contribution in [0.15, 0.2) is 42.3 Å². The number of nitrogens with zero attached hydrogens (tertiary/aromatic N) is 1. The molecule has 1 fully saturated rings. The van der Waals surface area contributed by atoms with E-state index in [2.05, 4.69) is 44.9 Å². The molecule has 0 spiro atoms. The lowest BCUT2D eigenvalue weighted by atomic mass is 9.93. The van der Waals surface area contributed by atoms with Crippen LogP contribution >= 0.6 is 12.2 Å². The molecule has 0 unspecified atom stereocenters. The summed E-state index contributed by atoms with van der Waals surface area (Å²) in [7, 11) is 0. The fraction of sp³-hybridized carbons (Fsp3) is 0.316. The Morgan fingerprint density at radius 1 is 1.24 bits per heavy atom. The number of benzene rings is 1. The number of carbonyl (C=O) groups is 1. The molecule has 1 atom stereocenters. The Bertz CT molecular complexity index is 847. The van der Waals surface area contributed by atoms with Crippen LogP contribution in [0.4, 0.5) is 5.69 Å². The van der Waals surface area contributed by atoms with Crippen molar-refractivity contribution >= 4 is 28.8 Å². The highest BCUT2D eigenvalue weighted by Crippen LogP contribution is 2.31. The second-order valence-corrected chi connectivity index (χ2v) is 6.63. The number of aromatic nitrogens is 1. The fourth-order valence-electron chi connectivity index (χ4n) is 3.68. The summed E-state index contributed by atoms with van der Waals surface area (Å²) in [4.78, 5) is 17.2. The molecule has 1 aromatic heterocycles. The quantitative estimate of drug-likeness (QED) is 0.743. The zero-order valence-electron chi connectivity index (χ0n) is 13.8. The molecule has 4 rings (SSSR count). The minimum atomic E-state index is -0.175. The molecule has 6 heteroatoms.